The Hall–Kier alpha value is -0.840. The summed E-state index contributed by atoms with van der Waals surface area (Å²) in [4.78, 5) is 2.33. The number of rotatable bonds is 11. The van der Waals surface area contributed by atoms with Crippen LogP contribution in [0.25, 0.3) is 0 Å². The highest BCUT2D eigenvalue weighted by atomic mass is 16.5. The van der Waals surface area contributed by atoms with Gasteiger partial charge < -0.3 is 14.4 Å². The Labute approximate surface area is 136 Å². The van der Waals surface area contributed by atoms with Crippen LogP contribution in [0.15, 0.2) is 18.3 Å². The summed E-state index contributed by atoms with van der Waals surface area (Å²) in [5, 5.41) is 10.2. The molecule has 0 aliphatic rings. The predicted molar refractivity (Wildman–Crippen MR) is 91.8 cm³/mol. The minimum Gasteiger partial charge on any atom is -0.389 e. The summed E-state index contributed by atoms with van der Waals surface area (Å²) in [6.07, 6.45) is 2.79. The van der Waals surface area contributed by atoms with Crippen molar-refractivity contribution in [2.24, 2.45) is 18.9 Å². The lowest BCUT2D eigenvalue weighted by atomic mass is 10.1. The molecule has 128 valence electrons. The first-order valence-corrected chi connectivity index (χ1v) is 8.46. The molecular formula is C18H34N2O2. The Balaban J connectivity index is 2.48. The summed E-state index contributed by atoms with van der Waals surface area (Å²) in [7, 11) is 2.07. The van der Waals surface area contributed by atoms with Gasteiger partial charge in [-0.15, -0.1) is 0 Å². The zero-order valence-electron chi connectivity index (χ0n) is 15.0. The number of hydrogen-bond acceptors (Lipinski definition) is 3. The zero-order chi connectivity index (χ0) is 16.5. The van der Waals surface area contributed by atoms with Crippen LogP contribution in [0.4, 0.5) is 0 Å². The monoisotopic (exact) mass is 310 g/mol. The molecule has 1 atom stereocenters. The highest BCUT2D eigenvalue weighted by molar-refractivity contribution is 5.06. The summed E-state index contributed by atoms with van der Waals surface area (Å²) in [5.74, 6) is 1.18. The fraction of sp³-hybridized carbons (Fsp3) is 0.778. The molecule has 0 aliphatic heterocycles. The number of aliphatic hydroxyl groups is 1. The summed E-state index contributed by atoms with van der Waals surface area (Å²) < 4.78 is 7.70. The molecule has 0 amide bonds. The maximum absolute atomic E-state index is 10.2. The summed E-state index contributed by atoms with van der Waals surface area (Å²) in [6, 6.07) is 4.21. The van der Waals surface area contributed by atoms with Crippen LogP contribution in [0, 0.1) is 11.8 Å². The number of hydrogen-bond donors (Lipinski definition) is 1. The number of aromatic nitrogens is 1. The molecule has 1 aromatic rings. The fourth-order valence-corrected chi connectivity index (χ4v) is 2.36. The lowest BCUT2D eigenvalue weighted by Gasteiger charge is -2.26. The van der Waals surface area contributed by atoms with E-state index < -0.39 is 6.10 Å². The van der Waals surface area contributed by atoms with Crippen molar-refractivity contribution >= 4 is 0 Å². The first kappa shape index (κ1) is 19.2. The topological polar surface area (TPSA) is 37.6 Å². The van der Waals surface area contributed by atoms with Gasteiger partial charge in [-0.25, -0.2) is 0 Å². The Morgan fingerprint density at radius 3 is 2.45 bits per heavy atom. The number of nitrogens with zero attached hydrogens (tertiary/aromatic N) is 2. The number of ether oxygens (including phenoxy) is 1. The quantitative estimate of drug-likeness (QED) is 0.683. The van der Waals surface area contributed by atoms with Gasteiger partial charge in [-0.1, -0.05) is 27.7 Å². The molecular weight excluding hydrogens is 276 g/mol. The van der Waals surface area contributed by atoms with Crippen LogP contribution in [0.1, 0.15) is 39.8 Å². The smallest absolute Gasteiger partial charge is 0.0900 e. The van der Waals surface area contributed by atoms with Gasteiger partial charge in [0.2, 0.25) is 0 Å². The van der Waals surface area contributed by atoms with E-state index in [2.05, 4.69) is 62.5 Å². The van der Waals surface area contributed by atoms with Gasteiger partial charge in [0.15, 0.2) is 0 Å². The van der Waals surface area contributed by atoms with Crippen LogP contribution >= 0.6 is 0 Å². The van der Waals surface area contributed by atoms with Crippen molar-refractivity contribution in [3.8, 4) is 0 Å². The van der Waals surface area contributed by atoms with Crippen molar-refractivity contribution in [3.63, 3.8) is 0 Å². The second-order valence-corrected chi connectivity index (χ2v) is 7.11. The average molecular weight is 310 g/mol. The molecule has 0 unspecified atom stereocenters. The molecule has 4 nitrogen and oxygen atoms in total. The Morgan fingerprint density at radius 1 is 1.18 bits per heavy atom. The molecule has 0 aromatic carbocycles. The van der Waals surface area contributed by atoms with E-state index in [-0.39, 0.29) is 0 Å². The van der Waals surface area contributed by atoms with Gasteiger partial charge in [-0.2, -0.15) is 0 Å². The number of aryl methyl sites for hydroxylation is 1. The van der Waals surface area contributed by atoms with E-state index in [1.165, 1.54) is 5.69 Å². The molecule has 1 rings (SSSR count). The second kappa shape index (κ2) is 10.0. The van der Waals surface area contributed by atoms with Crippen molar-refractivity contribution < 1.29 is 9.84 Å². The molecule has 0 spiro atoms. The fourth-order valence-electron chi connectivity index (χ4n) is 2.36. The zero-order valence-corrected chi connectivity index (χ0v) is 15.0. The van der Waals surface area contributed by atoms with E-state index in [1.54, 1.807) is 0 Å². The van der Waals surface area contributed by atoms with Crippen LogP contribution in [-0.4, -0.2) is 47.0 Å². The van der Waals surface area contributed by atoms with Crippen molar-refractivity contribution in [1.29, 1.82) is 0 Å². The standard InChI is InChI=1S/C18H34N2O2/c1-15(2)8-10-20(11-17-7-6-9-19(17)5)12-18(21)14-22-13-16(3)4/h6-7,9,15-16,18,21H,8,10-14H2,1-5H3/t18-/m0/s1. The molecule has 0 aliphatic carbocycles. The van der Waals surface area contributed by atoms with Gasteiger partial charge in [0, 0.05) is 38.6 Å². The van der Waals surface area contributed by atoms with Crippen LogP contribution in [0.3, 0.4) is 0 Å². The minimum atomic E-state index is -0.425. The molecule has 0 saturated carbocycles. The first-order valence-electron chi connectivity index (χ1n) is 8.46. The first-order chi connectivity index (χ1) is 10.4. The average Bonchev–Trinajstić information content (AvgIpc) is 2.81. The van der Waals surface area contributed by atoms with E-state index >= 15 is 0 Å². The molecule has 1 heterocycles. The third-order valence-corrected chi connectivity index (χ3v) is 3.69. The van der Waals surface area contributed by atoms with Crippen LogP contribution in [0.5, 0.6) is 0 Å². The molecule has 0 saturated heterocycles. The third kappa shape index (κ3) is 7.97. The van der Waals surface area contributed by atoms with Crippen LogP contribution in [0.2, 0.25) is 0 Å². The third-order valence-electron chi connectivity index (χ3n) is 3.69. The molecule has 0 radical (unpaired) electrons. The van der Waals surface area contributed by atoms with Gasteiger partial charge in [0.1, 0.15) is 0 Å². The molecule has 1 N–H and O–H groups in total. The van der Waals surface area contributed by atoms with Crippen molar-refractivity contribution in [2.75, 3.05) is 26.3 Å². The van der Waals surface area contributed by atoms with Gasteiger partial charge in [-0.3, -0.25) is 4.90 Å². The minimum absolute atomic E-state index is 0.420. The number of aliphatic hydroxyl groups excluding tert-OH is 1. The normalized spacial score (nSPS) is 13.5. The van der Waals surface area contributed by atoms with Gasteiger partial charge in [0.05, 0.1) is 12.7 Å². The molecule has 0 bridgehead atoms. The lowest BCUT2D eigenvalue weighted by Crippen LogP contribution is -2.36. The summed E-state index contributed by atoms with van der Waals surface area (Å²) in [5.41, 5.74) is 1.28. The van der Waals surface area contributed by atoms with E-state index in [4.69, 9.17) is 4.74 Å². The Morgan fingerprint density at radius 2 is 1.91 bits per heavy atom. The maximum Gasteiger partial charge on any atom is 0.0900 e. The highest BCUT2D eigenvalue weighted by Gasteiger charge is 2.14. The molecule has 0 fully saturated rings. The molecule has 22 heavy (non-hydrogen) atoms. The van der Waals surface area contributed by atoms with Crippen molar-refractivity contribution in [3.05, 3.63) is 24.0 Å². The SMILES string of the molecule is CC(C)CCN(Cc1cccn1C)C[C@H](O)COCC(C)C. The van der Waals surface area contributed by atoms with E-state index in [9.17, 15) is 5.11 Å². The molecule has 4 heteroatoms. The van der Waals surface area contributed by atoms with Gasteiger partial charge >= 0.3 is 0 Å². The van der Waals surface area contributed by atoms with Crippen LogP contribution in [-0.2, 0) is 18.3 Å². The van der Waals surface area contributed by atoms with Crippen molar-refractivity contribution in [1.82, 2.24) is 9.47 Å². The largest absolute Gasteiger partial charge is 0.389 e. The van der Waals surface area contributed by atoms with E-state index in [1.807, 2.05) is 0 Å². The summed E-state index contributed by atoms with van der Waals surface area (Å²) in [6.45, 7) is 12.4. The van der Waals surface area contributed by atoms with Gasteiger partial charge in [0.25, 0.3) is 0 Å². The van der Waals surface area contributed by atoms with Crippen LogP contribution < -0.4 is 0 Å². The van der Waals surface area contributed by atoms with Gasteiger partial charge in [-0.05, 0) is 36.9 Å². The maximum atomic E-state index is 10.2. The summed E-state index contributed by atoms with van der Waals surface area (Å²) >= 11 is 0. The molecule has 1 aromatic heterocycles. The van der Waals surface area contributed by atoms with E-state index in [0.29, 0.717) is 31.6 Å². The predicted octanol–water partition coefficient (Wildman–Crippen LogP) is 2.91. The van der Waals surface area contributed by atoms with E-state index in [0.717, 1.165) is 19.5 Å². The Kier molecular flexibility index (Phi) is 8.76. The highest BCUT2D eigenvalue weighted by Crippen LogP contribution is 2.09. The Bertz CT molecular complexity index is 402. The van der Waals surface area contributed by atoms with Crippen molar-refractivity contribution in [2.45, 2.75) is 46.8 Å². The second-order valence-electron chi connectivity index (χ2n) is 7.11. The lowest BCUT2D eigenvalue weighted by molar-refractivity contribution is 0.00599.